The molecule has 1 aliphatic heterocycles. The zero-order valence-electron chi connectivity index (χ0n) is 14.7. The minimum absolute atomic E-state index is 0.181. The third-order valence-electron chi connectivity index (χ3n) is 4.54. The van der Waals surface area contributed by atoms with Crippen molar-refractivity contribution >= 4 is 10.0 Å². The van der Waals surface area contributed by atoms with Crippen molar-refractivity contribution in [2.24, 2.45) is 0 Å². The summed E-state index contributed by atoms with van der Waals surface area (Å²) in [6, 6.07) is 12.8. The predicted octanol–water partition coefficient (Wildman–Crippen LogP) is 2.49. The Morgan fingerprint density at radius 2 is 1.69 bits per heavy atom. The highest BCUT2D eigenvalue weighted by Crippen LogP contribution is 2.22. The molecule has 1 N–H and O–H groups in total. The van der Waals surface area contributed by atoms with E-state index in [9.17, 15) is 12.8 Å². The average molecular weight is 378 g/mol. The van der Waals surface area contributed by atoms with E-state index in [-0.39, 0.29) is 23.3 Å². The highest BCUT2D eigenvalue weighted by Gasteiger charge is 2.25. The molecule has 2 aromatic carbocycles. The first-order valence-corrected chi connectivity index (χ1v) is 10.1. The van der Waals surface area contributed by atoms with Gasteiger partial charge in [-0.1, -0.05) is 29.8 Å². The maximum absolute atomic E-state index is 13.3. The molecule has 1 heterocycles. The molecule has 0 unspecified atom stereocenters. The van der Waals surface area contributed by atoms with Gasteiger partial charge in [-0.3, -0.25) is 4.90 Å². The van der Waals surface area contributed by atoms with Crippen molar-refractivity contribution in [2.45, 2.75) is 17.9 Å². The molecule has 7 heteroatoms. The Balaban J connectivity index is 1.78. The van der Waals surface area contributed by atoms with Gasteiger partial charge >= 0.3 is 0 Å². The number of hydrogen-bond donors (Lipinski definition) is 1. The molecular weight excluding hydrogens is 355 g/mol. The maximum atomic E-state index is 13.3. The Labute approximate surface area is 153 Å². The molecule has 1 saturated heterocycles. The summed E-state index contributed by atoms with van der Waals surface area (Å²) in [7, 11) is -3.61. The molecule has 1 atom stereocenters. The van der Waals surface area contributed by atoms with Gasteiger partial charge in [0.2, 0.25) is 10.0 Å². The Morgan fingerprint density at radius 1 is 1.08 bits per heavy atom. The van der Waals surface area contributed by atoms with Crippen molar-refractivity contribution in [3.63, 3.8) is 0 Å². The SMILES string of the molecule is Cc1ccc(S(=O)(=O)NC[C@@H](c2ccc(F)cc2)N2CCOCC2)cc1. The molecule has 0 radical (unpaired) electrons. The van der Waals surface area contributed by atoms with Crippen LogP contribution in [-0.2, 0) is 14.8 Å². The normalized spacial score (nSPS) is 17.2. The smallest absolute Gasteiger partial charge is 0.240 e. The Morgan fingerprint density at radius 3 is 2.31 bits per heavy atom. The second-order valence-corrected chi connectivity index (χ2v) is 8.15. The van der Waals surface area contributed by atoms with E-state index < -0.39 is 10.0 Å². The summed E-state index contributed by atoms with van der Waals surface area (Å²) < 4.78 is 46.6. The van der Waals surface area contributed by atoms with E-state index in [1.54, 1.807) is 36.4 Å². The van der Waals surface area contributed by atoms with Crippen LogP contribution in [0.1, 0.15) is 17.2 Å². The number of ether oxygens (including phenoxy) is 1. The van der Waals surface area contributed by atoms with Crippen molar-refractivity contribution in [3.8, 4) is 0 Å². The van der Waals surface area contributed by atoms with E-state index in [1.807, 2.05) is 6.92 Å². The van der Waals surface area contributed by atoms with Crippen LogP contribution in [-0.4, -0.2) is 46.2 Å². The quantitative estimate of drug-likeness (QED) is 0.839. The van der Waals surface area contributed by atoms with Gasteiger partial charge in [-0.2, -0.15) is 0 Å². The van der Waals surface area contributed by atoms with Gasteiger partial charge in [0.25, 0.3) is 0 Å². The van der Waals surface area contributed by atoms with Crippen LogP contribution < -0.4 is 4.72 Å². The third-order valence-corrected chi connectivity index (χ3v) is 5.98. The van der Waals surface area contributed by atoms with E-state index in [1.165, 1.54) is 12.1 Å². The van der Waals surface area contributed by atoms with E-state index in [0.29, 0.717) is 26.3 Å². The van der Waals surface area contributed by atoms with Gasteiger partial charge < -0.3 is 4.74 Å². The molecule has 3 rings (SSSR count). The predicted molar refractivity (Wildman–Crippen MR) is 97.9 cm³/mol. The summed E-state index contributed by atoms with van der Waals surface area (Å²) in [4.78, 5) is 2.40. The molecule has 0 amide bonds. The van der Waals surface area contributed by atoms with E-state index in [0.717, 1.165) is 11.1 Å². The van der Waals surface area contributed by atoms with Crippen LogP contribution in [0.25, 0.3) is 0 Å². The number of hydrogen-bond acceptors (Lipinski definition) is 4. The summed E-state index contributed by atoms with van der Waals surface area (Å²) in [5.74, 6) is -0.310. The summed E-state index contributed by atoms with van der Waals surface area (Å²) in [5.41, 5.74) is 1.88. The molecule has 0 aliphatic carbocycles. The molecule has 0 spiro atoms. The van der Waals surface area contributed by atoms with E-state index >= 15 is 0 Å². The van der Waals surface area contributed by atoms with Gasteiger partial charge in [-0.15, -0.1) is 0 Å². The molecule has 0 bridgehead atoms. The number of nitrogens with zero attached hydrogens (tertiary/aromatic N) is 1. The molecule has 140 valence electrons. The van der Waals surface area contributed by atoms with Crippen LogP contribution in [0.15, 0.2) is 53.4 Å². The van der Waals surface area contributed by atoms with Crippen LogP contribution in [0, 0.1) is 12.7 Å². The minimum atomic E-state index is -3.61. The third kappa shape index (κ3) is 4.67. The maximum Gasteiger partial charge on any atom is 0.240 e. The van der Waals surface area contributed by atoms with Crippen molar-refractivity contribution in [3.05, 3.63) is 65.5 Å². The molecule has 26 heavy (non-hydrogen) atoms. The number of benzene rings is 2. The van der Waals surface area contributed by atoms with Crippen LogP contribution in [0.3, 0.4) is 0 Å². The fourth-order valence-corrected chi connectivity index (χ4v) is 4.06. The fraction of sp³-hybridized carbons (Fsp3) is 0.368. The lowest BCUT2D eigenvalue weighted by atomic mass is 10.0. The van der Waals surface area contributed by atoms with Crippen molar-refractivity contribution < 1.29 is 17.5 Å². The molecular formula is C19H23FN2O3S. The lowest BCUT2D eigenvalue weighted by Gasteiger charge is -2.34. The molecule has 2 aromatic rings. The average Bonchev–Trinajstić information content (AvgIpc) is 2.64. The number of sulfonamides is 1. The highest BCUT2D eigenvalue weighted by molar-refractivity contribution is 7.89. The fourth-order valence-electron chi connectivity index (χ4n) is 3.02. The Kier molecular flexibility index (Phi) is 6.03. The number of rotatable bonds is 6. The highest BCUT2D eigenvalue weighted by atomic mass is 32.2. The van der Waals surface area contributed by atoms with Gasteiger partial charge in [0.15, 0.2) is 0 Å². The van der Waals surface area contributed by atoms with Gasteiger partial charge in [0.1, 0.15) is 5.82 Å². The summed E-state index contributed by atoms with van der Waals surface area (Å²) in [5, 5.41) is 0. The Bertz CT molecular complexity index is 817. The lowest BCUT2D eigenvalue weighted by Crippen LogP contribution is -2.43. The zero-order valence-corrected chi connectivity index (χ0v) is 15.5. The van der Waals surface area contributed by atoms with Gasteiger partial charge in [-0.25, -0.2) is 17.5 Å². The van der Waals surface area contributed by atoms with Gasteiger partial charge in [0, 0.05) is 25.7 Å². The van der Waals surface area contributed by atoms with Crippen LogP contribution in [0.4, 0.5) is 4.39 Å². The first-order chi connectivity index (χ1) is 12.5. The van der Waals surface area contributed by atoms with Crippen LogP contribution in [0.2, 0.25) is 0 Å². The van der Waals surface area contributed by atoms with Crippen LogP contribution >= 0.6 is 0 Å². The summed E-state index contributed by atoms with van der Waals surface area (Å²) in [6.45, 7) is 4.72. The van der Waals surface area contributed by atoms with E-state index in [4.69, 9.17) is 4.74 Å². The first kappa shape index (κ1) is 19.0. The molecule has 0 saturated carbocycles. The molecule has 5 nitrogen and oxygen atoms in total. The number of aryl methyl sites for hydroxylation is 1. The molecule has 0 aromatic heterocycles. The molecule has 1 fully saturated rings. The van der Waals surface area contributed by atoms with Gasteiger partial charge in [0.05, 0.1) is 18.1 Å². The Hall–Kier alpha value is -1.80. The number of nitrogens with one attached hydrogen (secondary N) is 1. The summed E-state index contributed by atoms with van der Waals surface area (Å²) in [6.07, 6.45) is 0. The second-order valence-electron chi connectivity index (χ2n) is 6.38. The zero-order chi connectivity index (χ0) is 18.6. The topological polar surface area (TPSA) is 58.6 Å². The lowest BCUT2D eigenvalue weighted by molar-refractivity contribution is 0.0172. The van der Waals surface area contributed by atoms with Crippen LogP contribution in [0.5, 0.6) is 0 Å². The standard InChI is InChI=1S/C19H23FN2O3S/c1-15-2-8-18(9-3-15)26(23,24)21-14-19(22-10-12-25-13-11-22)16-4-6-17(20)7-5-16/h2-9,19,21H,10-14H2,1H3/t19-/m0/s1. The monoisotopic (exact) mass is 378 g/mol. The van der Waals surface area contributed by atoms with Crippen molar-refractivity contribution in [1.82, 2.24) is 9.62 Å². The van der Waals surface area contributed by atoms with Crippen molar-refractivity contribution in [1.29, 1.82) is 0 Å². The largest absolute Gasteiger partial charge is 0.379 e. The molecule has 1 aliphatic rings. The second kappa shape index (κ2) is 8.26. The number of halogens is 1. The minimum Gasteiger partial charge on any atom is -0.379 e. The van der Waals surface area contributed by atoms with Gasteiger partial charge in [-0.05, 0) is 36.8 Å². The van der Waals surface area contributed by atoms with E-state index in [2.05, 4.69) is 9.62 Å². The first-order valence-electron chi connectivity index (χ1n) is 8.59. The van der Waals surface area contributed by atoms with Crippen molar-refractivity contribution in [2.75, 3.05) is 32.8 Å². The number of morpholine rings is 1. The summed E-state index contributed by atoms with van der Waals surface area (Å²) >= 11 is 0.